The fraction of sp³-hybridized carbons (Fsp3) is 0.231. The lowest BCUT2D eigenvalue weighted by Gasteiger charge is -2.03. The predicted molar refractivity (Wildman–Crippen MR) is 72.0 cm³/mol. The average Bonchev–Trinajstić information content (AvgIpc) is 2.95. The third-order valence-corrected chi connectivity index (χ3v) is 2.92. The highest BCUT2D eigenvalue weighted by molar-refractivity contribution is 6.04. The molecule has 2 amide bonds. The maximum absolute atomic E-state index is 12.0. The molecule has 0 saturated heterocycles. The molecule has 6 heteroatoms. The van der Waals surface area contributed by atoms with Crippen molar-refractivity contribution in [3.05, 3.63) is 42.0 Å². The number of nitrogens with two attached hydrogens (primary N) is 1. The number of hydrogen-bond acceptors (Lipinski definition) is 2. The summed E-state index contributed by atoms with van der Waals surface area (Å²) in [5, 5.41) is 2.75. The molecule has 0 bridgehead atoms. The molecule has 0 saturated carbocycles. The molecule has 2 aromatic rings. The molecular formula is C13H16N4O2. The first-order chi connectivity index (χ1) is 9.02. The molecule has 0 aliphatic rings. The van der Waals surface area contributed by atoms with Gasteiger partial charge in [-0.1, -0.05) is 0 Å². The van der Waals surface area contributed by atoms with Crippen LogP contribution in [0.3, 0.4) is 0 Å². The van der Waals surface area contributed by atoms with Gasteiger partial charge in [0.15, 0.2) is 0 Å². The Kier molecular flexibility index (Phi) is 3.41. The van der Waals surface area contributed by atoms with Gasteiger partial charge in [-0.25, -0.2) is 0 Å². The Morgan fingerprint density at radius 3 is 2.58 bits per heavy atom. The molecule has 0 fully saturated rings. The summed E-state index contributed by atoms with van der Waals surface area (Å²) >= 11 is 0. The summed E-state index contributed by atoms with van der Waals surface area (Å²) in [4.78, 5) is 23.3. The van der Waals surface area contributed by atoms with Gasteiger partial charge in [-0.2, -0.15) is 0 Å². The molecule has 2 aromatic heterocycles. The number of nitrogens with zero attached hydrogens (tertiary/aromatic N) is 2. The van der Waals surface area contributed by atoms with Crippen LogP contribution in [0.15, 0.2) is 30.6 Å². The number of amides is 2. The van der Waals surface area contributed by atoms with E-state index < -0.39 is 5.91 Å². The van der Waals surface area contributed by atoms with E-state index in [0.717, 1.165) is 0 Å². The van der Waals surface area contributed by atoms with Crippen LogP contribution in [-0.4, -0.2) is 20.9 Å². The van der Waals surface area contributed by atoms with Gasteiger partial charge in [-0.15, -0.1) is 0 Å². The summed E-state index contributed by atoms with van der Waals surface area (Å²) in [5.74, 6) is -0.738. The van der Waals surface area contributed by atoms with Crippen molar-refractivity contribution in [3.8, 4) is 0 Å². The standard InChI is InChI=1S/C13H16N4O2/c1-3-17-8-9(7-11(17)12(14)18)15-13(19)10-5-4-6-16(10)2/h4-8H,3H2,1-2H3,(H2,14,18)(H,15,19). The van der Waals surface area contributed by atoms with Gasteiger partial charge in [0, 0.05) is 26.0 Å². The molecule has 19 heavy (non-hydrogen) atoms. The highest BCUT2D eigenvalue weighted by atomic mass is 16.2. The van der Waals surface area contributed by atoms with E-state index in [1.54, 1.807) is 46.8 Å². The minimum atomic E-state index is -0.513. The Labute approximate surface area is 110 Å². The normalized spacial score (nSPS) is 10.4. The number of hydrogen-bond donors (Lipinski definition) is 2. The minimum absolute atomic E-state index is 0.225. The second-order valence-electron chi connectivity index (χ2n) is 4.22. The van der Waals surface area contributed by atoms with Gasteiger partial charge in [-0.3, -0.25) is 9.59 Å². The number of carbonyl (C=O) groups excluding carboxylic acids is 2. The maximum atomic E-state index is 12.0. The smallest absolute Gasteiger partial charge is 0.272 e. The zero-order chi connectivity index (χ0) is 14.0. The minimum Gasteiger partial charge on any atom is -0.364 e. The molecule has 3 N–H and O–H groups in total. The third kappa shape index (κ3) is 2.52. The second kappa shape index (κ2) is 5.01. The Balaban J connectivity index is 2.22. The van der Waals surface area contributed by atoms with E-state index in [1.165, 1.54) is 0 Å². The number of carbonyl (C=O) groups is 2. The van der Waals surface area contributed by atoms with Crippen LogP contribution in [0, 0.1) is 0 Å². The summed E-state index contributed by atoms with van der Waals surface area (Å²) < 4.78 is 3.42. The monoisotopic (exact) mass is 260 g/mol. The molecule has 0 aliphatic carbocycles. The zero-order valence-corrected chi connectivity index (χ0v) is 10.9. The van der Waals surface area contributed by atoms with E-state index in [9.17, 15) is 9.59 Å². The Morgan fingerprint density at radius 2 is 2.11 bits per heavy atom. The Morgan fingerprint density at radius 1 is 1.37 bits per heavy atom. The van der Waals surface area contributed by atoms with Crippen LogP contribution >= 0.6 is 0 Å². The summed E-state index contributed by atoms with van der Waals surface area (Å²) in [6.45, 7) is 2.51. The van der Waals surface area contributed by atoms with Crippen LogP contribution < -0.4 is 11.1 Å². The van der Waals surface area contributed by atoms with Crippen molar-refractivity contribution in [2.75, 3.05) is 5.32 Å². The second-order valence-corrected chi connectivity index (χ2v) is 4.22. The highest BCUT2D eigenvalue weighted by Crippen LogP contribution is 2.15. The predicted octanol–water partition coefficient (Wildman–Crippen LogP) is 1.20. The molecule has 0 aromatic carbocycles. The summed E-state index contributed by atoms with van der Waals surface area (Å²) in [6, 6.07) is 5.09. The molecule has 0 atom stereocenters. The van der Waals surface area contributed by atoms with Crippen LogP contribution in [0.5, 0.6) is 0 Å². The van der Waals surface area contributed by atoms with Crippen molar-refractivity contribution in [2.24, 2.45) is 12.8 Å². The lowest BCUT2D eigenvalue weighted by Crippen LogP contribution is -2.15. The zero-order valence-electron chi connectivity index (χ0n) is 10.9. The molecule has 100 valence electrons. The maximum Gasteiger partial charge on any atom is 0.272 e. The SMILES string of the molecule is CCn1cc(NC(=O)c2cccn2C)cc1C(N)=O. The first-order valence-corrected chi connectivity index (χ1v) is 5.95. The number of aromatic nitrogens is 2. The van der Waals surface area contributed by atoms with Crippen LogP contribution in [0.2, 0.25) is 0 Å². The van der Waals surface area contributed by atoms with E-state index in [2.05, 4.69) is 5.32 Å². The van der Waals surface area contributed by atoms with E-state index in [4.69, 9.17) is 5.73 Å². The molecular weight excluding hydrogens is 244 g/mol. The first-order valence-electron chi connectivity index (χ1n) is 5.95. The lowest BCUT2D eigenvalue weighted by molar-refractivity contribution is 0.0988. The van der Waals surface area contributed by atoms with E-state index in [-0.39, 0.29) is 5.91 Å². The summed E-state index contributed by atoms with van der Waals surface area (Å²) in [6.07, 6.45) is 3.49. The van der Waals surface area contributed by atoms with Crippen LogP contribution in [0.4, 0.5) is 5.69 Å². The van der Waals surface area contributed by atoms with E-state index >= 15 is 0 Å². The van der Waals surface area contributed by atoms with Gasteiger partial charge >= 0.3 is 0 Å². The Hall–Kier alpha value is -2.50. The van der Waals surface area contributed by atoms with Crippen molar-refractivity contribution in [2.45, 2.75) is 13.5 Å². The third-order valence-electron chi connectivity index (χ3n) is 2.92. The van der Waals surface area contributed by atoms with Gasteiger partial charge in [0.25, 0.3) is 11.8 Å². The Bertz CT molecular complexity index is 624. The molecule has 0 radical (unpaired) electrons. The van der Waals surface area contributed by atoms with Crippen LogP contribution in [0.1, 0.15) is 27.9 Å². The van der Waals surface area contributed by atoms with Crippen molar-refractivity contribution in [1.82, 2.24) is 9.13 Å². The fourth-order valence-electron chi connectivity index (χ4n) is 1.94. The number of aryl methyl sites for hydroxylation is 2. The molecule has 2 rings (SSSR count). The fourth-order valence-corrected chi connectivity index (χ4v) is 1.94. The quantitative estimate of drug-likeness (QED) is 0.865. The first kappa shape index (κ1) is 12.9. The van der Waals surface area contributed by atoms with Crippen LogP contribution in [-0.2, 0) is 13.6 Å². The topological polar surface area (TPSA) is 82.1 Å². The summed E-state index contributed by atoms with van der Waals surface area (Å²) in [7, 11) is 1.79. The highest BCUT2D eigenvalue weighted by Gasteiger charge is 2.13. The van der Waals surface area contributed by atoms with E-state index in [0.29, 0.717) is 23.6 Å². The molecule has 0 spiro atoms. The molecule has 6 nitrogen and oxygen atoms in total. The van der Waals surface area contributed by atoms with Crippen molar-refractivity contribution in [3.63, 3.8) is 0 Å². The van der Waals surface area contributed by atoms with Gasteiger partial charge in [0.1, 0.15) is 11.4 Å². The molecule has 0 aliphatic heterocycles. The van der Waals surface area contributed by atoms with Gasteiger partial charge in [-0.05, 0) is 25.1 Å². The van der Waals surface area contributed by atoms with Gasteiger partial charge < -0.3 is 20.2 Å². The summed E-state index contributed by atoms with van der Waals surface area (Å²) in [5.41, 5.74) is 6.76. The number of primary amides is 1. The largest absolute Gasteiger partial charge is 0.364 e. The number of rotatable bonds is 4. The molecule has 2 heterocycles. The van der Waals surface area contributed by atoms with Crippen molar-refractivity contribution in [1.29, 1.82) is 0 Å². The average molecular weight is 260 g/mol. The van der Waals surface area contributed by atoms with Crippen molar-refractivity contribution >= 4 is 17.5 Å². The van der Waals surface area contributed by atoms with Gasteiger partial charge in [0.2, 0.25) is 0 Å². The number of anilines is 1. The lowest BCUT2D eigenvalue weighted by atomic mass is 10.3. The van der Waals surface area contributed by atoms with Crippen molar-refractivity contribution < 1.29 is 9.59 Å². The van der Waals surface area contributed by atoms with E-state index in [1.807, 2.05) is 6.92 Å². The number of nitrogens with one attached hydrogen (secondary N) is 1. The van der Waals surface area contributed by atoms with Crippen LogP contribution in [0.25, 0.3) is 0 Å². The van der Waals surface area contributed by atoms with Gasteiger partial charge in [0.05, 0.1) is 5.69 Å². The molecule has 0 unspecified atom stereocenters.